The van der Waals surface area contributed by atoms with E-state index in [0.717, 1.165) is 15.6 Å². The van der Waals surface area contributed by atoms with E-state index in [0.29, 0.717) is 0 Å². The summed E-state index contributed by atoms with van der Waals surface area (Å²) >= 11 is 3.37. The van der Waals surface area contributed by atoms with Gasteiger partial charge in [0.2, 0.25) is 0 Å². The van der Waals surface area contributed by atoms with Gasteiger partial charge in [-0.3, -0.25) is 0 Å². The molecule has 1 aromatic carbocycles. The molecule has 12 heavy (non-hydrogen) atoms. The highest BCUT2D eigenvalue weighted by atomic mass is 79.9. The number of nitrogens with two attached hydrogens (primary N) is 1. The third-order valence-electron chi connectivity index (χ3n) is 1.78. The molecule has 3 heteroatoms. The maximum absolute atomic E-state index is 12.2. The van der Waals surface area contributed by atoms with Crippen LogP contribution in [0.2, 0.25) is 0 Å². The Bertz CT molecular complexity index is 275. The van der Waals surface area contributed by atoms with E-state index in [1.165, 1.54) is 0 Å². The molecule has 0 unspecified atom stereocenters. The average Bonchev–Trinajstić information content (AvgIpc) is 2.08. The minimum atomic E-state index is -0.513. The highest BCUT2D eigenvalue weighted by Crippen LogP contribution is 2.20. The summed E-state index contributed by atoms with van der Waals surface area (Å²) in [6.07, 6.45) is 0. The van der Waals surface area contributed by atoms with Crippen molar-refractivity contribution in [1.29, 1.82) is 0 Å². The van der Waals surface area contributed by atoms with Gasteiger partial charge < -0.3 is 5.73 Å². The summed E-state index contributed by atoms with van der Waals surface area (Å²) in [4.78, 5) is 0. The molecule has 1 atom stereocenters. The summed E-state index contributed by atoms with van der Waals surface area (Å²) in [5.74, 6) is 0. The Hall–Kier alpha value is -0.410. The zero-order valence-electron chi connectivity index (χ0n) is 6.85. The third kappa shape index (κ3) is 2.05. The van der Waals surface area contributed by atoms with E-state index in [-0.39, 0.29) is 0 Å². The molecule has 66 valence electrons. The van der Waals surface area contributed by atoms with Crippen molar-refractivity contribution in [3.05, 3.63) is 33.8 Å². The van der Waals surface area contributed by atoms with Crippen molar-refractivity contribution in [2.45, 2.75) is 13.0 Å². The summed E-state index contributed by atoms with van der Waals surface area (Å²) in [5.41, 5.74) is 7.45. The first kappa shape index (κ1) is 9.68. The van der Waals surface area contributed by atoms with Gasteiger partial charge in [-0.25, -0.2) is 4.39 Å². The molecule has 0 aliphatic heterocycles. The van der Waals surface area contributed by atoms with Gasteiger partial charge in [0.15, 0.2) is 0 Å². The van der Waals surface area contributed by atoms with Crippen LogP contribution in [0.1, 0.15) is 17.2 Å². The number of benzene rings is 1. The first-order valence-electron chi connectivity index (χ1n) is 3.72. The van der Waals surface area contributed by atoms with Crippen LogP contribution in [0.3, 0.4) is 0 Å². The molecule has 1 aromatic rings. The first-order chi connectivity index (χ1) is 5.65. The quantitative estimate of drug-likeness (QED) is 0.833. The number of hydrogen-bond acceptors (Lipinski definition) is 1. The molecule has 0 fully saturated rings. The smallest absolute Gasteiger partial charge is 0.109 e. The zero-order chi connectivity index (χ0) is 9.14. The largest absolute Gasteiger partial charge is 0.322 e. The van der Waals surface area contributed by atoms with Crippen molar-refractivity contribution < 1.29 is 4.39 Å². The fraction of sp³-hybridized carbons (Fsp3) is 0.333. The van der Waals surface area contributed by atoms with Crippen LogP contribution in [0.4, 0.5) is 4.39 Å². The molecule has 0 radical (unpaired) electrons. The molecule has 0 aromatic heterocycles. The van der Waals surface area contributed by atoms with Crippen LogP contribution >= 0.6 is 15.9 Å². The van der Waals surface area contributed by atoms with Gasteiger partial charge in [-0.2, -0.15) is 0 Å². The summed E-state index contributed by atoms with van der Waals surface area (Å²) < 4.78 is 13.2. The molecule has 0 spiro atoms. The molecule has 0 aliphatic rings. The number of alkyl halides is 1. The van der Waals surface area contributed by atoms with Gasteiger partial charge in [-0.1, -0.05) is 28.1 Å². The normalized spacial score (nSPS) is 13.0. The predicted molar refractivity (Wildman–Crippen MR) is 51.8 cm³/mol. The van der Waals surface area contributed by atoms with Gasteiger partial charge in [0.25, 0.3) is 0 Å². The topological polar surface area (TPSA) is 26.0 Å². The summed E-state index contributed by atoms with van der Waals surface area (Å²) in [5, 5.41) is 0. The van der Waals surface area contributed by atoms with Gasteiger partial charge in [0, 0.05) is 4.47 Å². The fourth-order valence-electron chi connectivity index (χ4n) is 0.988. The molecule has 1 nitrogen and oxygen atoms in total. The molecule has 0 saturated carbocycles. The molecule has 0 amide bonds. The van der Waals surface area contributed by atoms with Gasteiger partial charge in [0.1, 0.15) is 6.67 Å². The third-order valence-corrected chi connectivity index (χ3v) is 2.67. The van der Waals surface area contributed by atoms with Crippen LogP contribution < -0.4 is 5.73 Å². The maximum Gasteiger partial charge on any atom is 0.109 e. The first-order valence-corrected chi connectivity index (χ1v) is 4.52. The number of hydrogen-bond donors (Lipinski definition) is 1. The van der Waals surface area contributed by atoms with Gasteiger partial charge in [-0.05, 0) is 24.1 Å². The Morgan fingerprint density at radius 2 is 2.25 bits per heavy atom. The molecule has 0 saturated heterocycles. The minimum absolute atomic E-state index is 0.489. The minimum Gasteiger partial charge on any atom is -0.322 e. The average molecular weight is 232 g/mol. The molecule has 0 bridgehead atoms. The Balaban J connectivity index is 2.96. The van der Waals surface area contributed by atoms with Crippen LogP contribution in [0.5, 0.6) is 0 Å². The summed E-state index contributed by atoms with van der Waals surface area (Å²) in [6, 6.07) is 5.13. The van der Waals surface area contributed by atoms with Crippen molar-refractivity contribution in [2.24, 2.45) is 5.73 Å². The van der Waals surface area contributed by atoms with Crippen LogP contribution in [0.25, 0.3) is 0 Å². The number of rotatable bonds is 2. The van der Waals surface area contributed by atoms with E-state index in [1.807, 2.05) is 25.1 Å². The van der Waals surface area contributed by atoms with Crippen molar-refractivity contribution in [3.63, 3.8) is 0 Å². The molecular weight excluding hydrogens is 221 g/mol. The van der Waals surface area contributed by atoms with E-state index in [4.69, 9.17) is 5.73 Å². The SMILES string of the molecule is Cc1cc([C@H](N)CF)ccc1Br. The van der Waals surface area contributed by atoms with Gasteiger partial charge in [-0.15, -0.1) is 0 Å². The van der Waals surface area contributed by atoms with Crippen LogP contribution in [0, 0.1) is 6.92 Å². The molecule has 0 aliphatic carbocycles. The highest BCUT2D eigenvalue weighted by molar-refractivity contribution is 9.10. The Labute approximate surface area is 79.9 Å². The van der Waals surface area contributed by atoms with Gasteiger partial charge in [0.05, 0.1) is 6.04 Å². The summed E-state index contributed by atoms with van der Waals surface area (Å²) in [6.45, 7) is 1.44. The lowest BCUT2D eigenvalue weighted by molar-refractivity contribution is 0.437. The van der Waals surface area contributed by atoms with E-state index >= 15 is 0 Å². The summed E-state index contributed by atoms with van der Waals surface area (Å²) in [7, 11) is 0. The zero-order valence-corrected chi connectivity index (χ0v) is 8.44. The Kier molecular flexibility index (Phi) is 3.23. The second-order valence-corrected chi connectivity index (χ2v) is 3.62. The lowest BCUT2D eigenvalue weighted by Crippen LogP contribution is -2.12. The second kappa shape index (κ2) is 4.01. The van der Waals surface area contributed by atoms with E-state index < -0.39 is 12.7 Å². The maximum atomic E-state index is 12.2. The van der Waals surface area contributed by atoms with Crippen molar-refractivity contribution in [3.8, 4) is 0 Å². The standard InChI is InChI=1S/C9H11BrFN/c1-6-4-7(9(12)5-11)2-3-8(6)10/h2-4,9H,5,12H2,1H3/t9-/m1/s1. The van der Waals surface area contributed by atoms with Gasteiger partial charge >= 0.3 is 0 Å². The lowest BCUT2D eigenvalue weighted by atomic mass is 10.1. The van der Waals surface area contributed by atoms with Crippen molar-refractivity contribution in [1.82, 2.24) is 0 Å². The fourth-order valence-corrected chi connectivity index (χ4v) is 1.23. The molecular formula is C9H11BrFN. The van der Waals surface area contributed by atoms with Crippen molar-refractivity contribution in [2.75, 3.05) is 6.67 Å². The second-order valence-electron chi connectivity index (χ2n) is 2.77. The van der Waals surface area contributed by atoms with Crippen LogP contribution in [0.15, 0.2) is 22.7 Å². The molecule has 2 N–H and O–H groups in total. The highest BCUT2D eigenvalue weighted by Gasteiger charge is 2.05. The Morgan fingerprint density at radius 3 is 2.75 bits per heavy atom. The van der Waals surface area contributed by atoms with E-state index in [2.05, 4.69) is 15.9 Å². The molecule has 0 heterocycles. The van der Waals surface area contributed by atoms with E-state index in [9.17, 15) is 4.39 Å². The van der Waals surface area contributed by atoms with Crippen LogP contribution in [-0.2, 0) is 0 Å². The number of halogens is 2. The number of aryl methyl sites for hydroxylation is 1. The van der Waals surface area contributed by atoms with Crippen molar-refractivity contribution >= 4 is 15.9 Å². The monoisotopic (exact) mass is 231 g/mol. The predicted octanol–water partition coefficient (Wildman–Crippen LogP) is 2.73. The lowest BCUT2D eigenvalue weighted by Gasteiger charge is -2.08. The Morgan fingerprint density at radius 1 is 1.58 bits per heavy atom. The van der Waals surface area contributed by atoms with Crippen LogP contribution in [-0.4, -0.2) is 6.67 Å². The van der Waals surface area contributed by atoms with E-state index in [1.54, 1.807) is 0 Å². The molecule has 1 rings (SSSR count).